The average Bonchev–Trinajstić information content (AvgIpc) is 2.53. The summed E-state index contributed by atoms with van der Waals surface area (Å²) in [5, 5.41) is 3.52. The lowest BCUT2D eigenvalue weighted by Crippen LogP contribution is -2.53. The minimum absolute atomic E-state index is 0.423. The number of nitrogens with zero attached hydrogens (tertiary/aromatic N) is 2. The minimum atomic E-state index is 0.423. The van der Waals surface area contributed by atoms with Crippen LogP contribution in [0, 0.1) is 0 Å². The summed E-state index contributed by atoms with van der Waals surface area (Å²) in [5.74, 6) is 0. The zero-order valence-corrected chi connectivity index (χ0v) is 13.2. The number of nitrogens with one attached hydrogen (secondary N) is 1. The van der Waals surface area contributed by atoms with Crippen LogP contribution < -0.4 is 10.2 Å². The van der Waals surface area contributed by atoms with Crippen molar-refractivity contribution in [2.24, 2.45) is 0 Å². The van der Waals surface area contributed by atoms with Gasteiger partial charge in [-0.3, -0.25) is 4.98 Å². The van der Waals surface area contributed by atoms with Crippen molar-refractivity contribution in [3.8, 4) is 0 Å². The normalized spacial score (nSPS) is 26.0. The van der Waals surface area contributed by atoms with E-state index in [4.69, 9.17) is 4.74 Å². The van der Waals surface area contributed by atoms with E-state index in [0.29, 0.717) is 18.2 Å². The van der Waals surface area contributed by atoms with Gasteiger partial charge in [-0.2, -0.15) is 0 Å². The second-order valence-electron chi connectivity index (χ2n) is 6.49. The highest BCUT2D eigenvalue weighted by molar-refractivity contribution is 5.54. The molecule has 2 aliphatic rings. The number of fused-ring (bicyclic) bond motifs is 1. The van der Waals surface area contributed by atoms with Gasteiger partial charge in [0.2, 0.25) is 0 Å². The van der Waals surface area contributed by atoms with Crippen molar-refractivity contribution < 1.29 is 4.74 Å². The Labute approximate surface area is 127 Å². The van der Waals surface area contributed by atoms with Gasteiger partial charge in [0.25, 0.3) is 0 Å². The Morgan fingerprint density at radius 3 is 3.10 bits per heavy atom. The van der Waals surface area contributed by atoms with Gasteiger partial charge in [-0.1, -0.05) is 26.7 Å². The first kappa shape index (κ1) is 14.8. The summed E-state index contributed by atoms with van der Waals surface area (Å²) >= 11 is 0. The van der Waals surface area contributed by atoms with Crippen molar-refractivity contribution in [2.45, 2.75) is 64.3 Å². The molecular weight excluding hydrogens is 262 g/mol. The van der Waals surface area contributed by atoms with E-state index >= 15 is 0 Å². The second-order valence-corrected chi connectivity index (χ2v) is 6.49. The Hall–Kier alpha value is -1.13. The molecule has 2 atom stereocenters. The molecule has 1 aromatic heterocycles. The molecule has 2 unspecified atom stereocenters. The summed E-state index contributed by atoms with van der Waals surface area (Å²) in [6.45, 7) is 7.10. The number of rotatable bonds is 4. The second kappa shape index (κ2) is 6.75. The number of ether oxygens (including phenoxy) is 1. The number of morpholine rings is 1. The van der Waals surface area contributed by atoms with Crippen LogP contribution in [0.2, 0.25) is 0 Å². The van der Waals surface area contributed by atoms with Gasteiger partial charge in [0.05, 0.1) is 18.8 Å². The van der Waals surface area contributed by atoms with Crippen LogP contribution in [0.4, 0.5) is 5.69 Å². The Kier molecular flexibility index (Phi) is 4.76. The maximum absolute atomic E-state index is 6.00. The van der Waals surface area contributed by atoms with Crippen LogP contribution in [-0.2, 0) is 11.3 Å². The fraction of sp³-hybridized carbons (Fsp3) is 0.706. The molecule has 0 bridgehead atoms. The van der Waals surface area contributed by atoms with Crippen LogP contribution in [0.25, 0.3) is 0 Å². The van der Waals surface area contributed by atoms with E-state index in [1.165, 1.54) is 36.9 Å². The fourth-order valence-electron chi connectivity index (χ4n) is 3.55. The molecule has 1 aliphatic heterocycles. The molecule has 1 N–H and O–H groups in total. The van der Waals surface area contributed by atoms with Gasteiger partial charge >= 0.3 is 0 Å². The number of anilines is 1. The quantitative estimate of drug-likeness (QED) is 0.925. The molecule has 21 heavy (non-hydrogen) atoms. The predicted molar refractivity (Wildman–Crippen MR) is 85.6 cm³/mol. The van der Waals surface area contributed by atoms with Gasteiger partial charge in [0, 0.05) is 42.8 Å². The third-order valence-electron chi connectivity index (χ3n) is 4.62. The SMILES string of the molecule is CC(C)NCc1cnccc1N1CCOC2CCCCC21. The lowest BCUT2D eigenvalue weighted by molar-refractivity contribution is -0.00874. The first-order valence-corrected chi connectivity index (χ1v) is 8.30. The van der Waals surface area contributed by atoms with E-state index in [1.54, 1.807) is 0 Å². The molecule has 1 aromatic rings. The fourth-order valence-corrected chi connectivity index (χ4v) is 3.55. The van der Waals surface area contributed by atoms with Gasteiger partial charge in [-0.25, -0.2) is 0 Å². The summed E-state index contributed by atoms with van der Waals surface area (Å²) in [5.41, 5.74) is 2.65. The van der Waals surface area contributed by atoms with Gasteiger partial charge in [0.1, 0.15) is 0 Å². The molecule has 1 aliphatic carbocycles. The van der Waals surface area contributed by atoms with Crippen LogP contribution >= 0.6 is 0 Å². The van der Waals surface area contributed by atoms with Crippen LogP contribution in [0.15, 0.2) is 18.5 Å². The summed E-state index contributed by atoms with van der Waals surface area (Å²) in [6.07, 6.45) is 9.46. The zero-order chi connectivity index (χ0) is 14.7. The Morgan fingerprint density at radius 1 is 1.38 bits per heavy atom. The number of aromatic nitrogens is 1. The van der Waals surface area contributed by atoms with Crippen molar-refractivity contribution in [3.63, 3.8) is 0 Å². The van der Waals surface area contributed by atoms with E-state index in [0.717, 1.165) is 19.7 Å². The first-order valence-electron chi connectivity index (χ1n) is 8.30. The molecule has 0 amide bonds. The van der Waals surface area contributed by atoms with Crippen LogP contribution in [0.3, 0.4) is 0 Å². The van der Waals surface area contributed by atoms with Gasteiger partial charge in [0.15, 0.2) is 0 Å². The van der Waals surface area contributed by atoms with Crippen LogP contribution in [0.1, 0.15) is 45.1 Å². The predicted octanol–water partition coefficient (Wildman–Crippen LogP) is 2.73. The Balaban J connectivity index is 1.81. The molecule has 0 spiro atoms. The molecule has 4 nitrogen and oxygen atoms in total. The summed E-state index contributed by atoms with van der Waals surface area (Å²) in [7, 11) is 0. The number of pyridine rings is 1. The lowest BCUT2D eigenvalue weighted by atomic mass is 9.89. The van der Waals surface area contributed by atoms with Gasteiger partial charge in [-0.15, -0.1) is 0 Å². The van der Waals surface area contributed by atoms with Crippen molar-refractivity contribution in [1.29, 1.82) is 0 Å². The molecule has 0 radical (unpaired) electrons. The van der Waals surface area contributed by atoms with Crippen LogP contribution in [-0.4, -0.2) is 36.3 Å². The average molecular weight is 289 g/mol. The summed E-state index contributed by atoms with van der Waals surface area (Å²) < 4.78 is 6.00. The standard InChI is InChI=1S/C17H27N3O/c1-13(2)19-12-14-11-18-8-7-15(14)20-9-10-21-17-6-4-3-5-16(17)20/h7-8,11,13,16-17,19H,3-6,9-10,12H2,1-2H3. The van der Waals surface area contributed by atoms with Gasteiger partial charge < -0.3 is 15.0 Å². The number of hydrogen-bond donors (Lipinski definition) is 1. The maximum Gasteiger partial charge on any atom is 0.0779 e. The Bertz CT molecular complexity index is 461. The molecule has 2 heterocycles. The highest BCUT2D eigenvalue weighted by Gasteiger charge is 2.34. The lowest BCUT2D eigenvalue weighted by Gasteiger charge is -2.45. The molecule has 1 saturated carbocycles. The first-order chi connectivity index (χ1) is 10.3. The molecule has 3 rings (SSSR count). The summed E-state index contributed by atoms with van der Waals surface area (Å²) in [6, 6.07) is 3.21. The largest absolute Gasteiger partial charge is 0.374 e. The zero-order valence-electron chi connectivity index (χ0n) is 13.2. The van der Waals surface area contributed by atoms with E-state index < -0.39 is 0 Å². The molecular formula is C17H27N3O. The Morgan fingerprint density at radius 2 is 2.24 bits per heavy atom. The third-order valence-corrected chi connectivity index (χ3v) is 4.62. The van der Waals surface area contributed by atoms with Crippen molar-refractivity contribution in [3.05, 3.63) is 24.0 Å². The van der Waals surface area contributed by atoms with E-state index in [9.17, 15) is 0 Å². The maximum atomic E-state index is 6.00. The smallest absolute Gasteiger partial charge is 0.0779 e. The third kappa shape index (κ3) is 3.38. The van der Waals surface area contributed by atoms with E-state index in [2.05, 4.69) is 35.1 Å². The van der Waals surface area contributed by atoms with Crippen LogP contribution in [0.5, 0.6) is 0 Å². The monoisotopic (exact) mass is 289 g/mol. The molecule has 0 aromatic carbocycles. The minimum Gasteiger partial charge on any atom is -0.374 e. The number of hydrogen-bond acceptors (Lipinski definition) is 4. The molecule has 2 fully saturated rings. The van der Waals surface area contributed by atoms with Crippen molar-refractivity contribution in [1.82, 2.24) is 10.3 Å². The van der Waals surface area contributed by atoms with E-state index in [-0.39, 0.29) is 0 Å². The molecule has 116 valence electrons. The summed E-state index contributed by atoms with van der Waals surface area (Å²) in [4.78, 5) is 6.90. The van der Waals surface area contributed by atoms with Gasteiger partial charge in [-0.05, 0) is 18.9 Å². The van der Waals surface area contributed by atoms with E-state index in [1.807, 2.05) is 12.4 Å². The van der Waals surface area contributed by atoms with Crippen molar-refractivity contribution >= 4 is 5.69 Å². The highest BCUT2D eigenvalue weighted by Crippen LogP contribution is 2.33. The molecule has 1 saturated heterocycles. The topological polar surface area (TPSA) is 37.4 Å². The molecule has 4 heteroatoms. The highest BCUT2D eigenvalue weighted by atomic mass is 16.5. The van der Waals surface area contributed by atoms with Crippen molar-refractivity contribution in [2.75, 3.05) is 18.1 Å².